The van der Waals surface area contributed by atoms with E-state index in [1.54, 1.807) is 0 Å². The van der Waals surface area contributed by atoms with E-state index in [1.807, 2.05) is 18.2 Å². The van der Waals surface area contributed by atoms with Crippen LogP contribution in [0.4, 0.5) is 5.69 Å². The first-order valence-corrected chi connectivity index (χ1v) is 7.08. The highest BCUT2D eigenvalue weighted by Crippen LogP contribution is 2.38. The molecule has 3 rings (SSSR count). The Labute approximate surface area is 123 Å². The molecule has 21 heavy (non-hydrogen) atoms. The van der Waals surface area contributed by atoms with Crippen molar-refractivity contribution in [2.75, 3.05) is 5.32 Å². The van der Waals surface area contributed by atoms with Crippen molar-refractivity contribution < 1.29 is 4.52 Å². The minimum atomic E-state index is 0.319. The third-order valence-electron chi connectivity index (χ3n) is 3.58. The van der Waals surface area contributed by atoms with Crippen LogP contribution < -0.4 is 11.1 Å². The van der Waals surface area contributed by atoms with Gasteiger partial charge in [0.15, 0.2) is 11.8 Å². The van der Waals surface area contributed by atoms with Gasteiger partial charge in [-0.3, -0.25) is 0 Å². The second-order valence-electron chi connectivity index (χ2n) is 5.45. The SMILES string of the molecule is Cc1ccc(NC(N)=NCc2noc(C3CC3)n2)cc1C. The van der Waals surface area contributed by atoms with Crippen molar-refractivity contribution in [2.45, 2.75) is 39.2 Å². The van der Waals surface area contributed by atoms with Gasteiger partial charge in [0.25, 0.3) is 0 Å². The molecule has 1 aromatic carbocycles. The molecule has 3 N–H and O–H groups in total. The summed E-state index contributed by atoms with van der Waals surface area (Å²) >= 11 is 0. The van der Waals surface area contributed by atoms with Gasteiger partial charge in [-0.15, -0.1) is 0 Å². The number of aromatic nitrogens is 2. The second-order valence-corrected chi connectivity index (χ2v) is 5.45. The zero-order valence-electron chi connectivity index (χ0n) is 12.3. The first kappa shape index (κ1) is 13.6. The number of hydrogen-bond donors (Lipinski definition) is 2. The van der Waals surface area contributed by atoms with E-state index in [-0.39, 0.29) is 0 Å². The molecule has 1 aromatic heterocycles. The summed E-state index contributed by atoms with van der Waals surface area (Å²) in [6, 6.07) is 6.06. The minimum Gasteiger partial charge on any atom is -0.370 e. The summed E-state index contributed by atoms with van der Waals surface area (Å²) in [5.41, 5.74) is 9.25. The first-order chi connectivity index (χ1) is 10.1. The summed E-state index contributed by atoms with van der Waals surface area (Å²) in [6.45, 7) is 4.46. The van der Waals surface area contributed by atoms with E-state index in [4.69, 9.17) is 10.3 Å². The second kappa shape index (κ2) is 5.55. The maximum absolute atomic E-state index is 5.87. The van der Waals surface area contributed by atoms with Gasteiger partial charge in [0, 0.05) is 11.6 Å². The van der Waals surface area contributed by atoms with E-state index in [2.05, 4.69) is 34.3 Å². The monoisotopic (exact) mass is 285 g/mol. The van der Waals surface area contributed by atoms with Gasteiger partial charge in [0.2, 0.25) is 5.89 Å². The molecule has 1 aliphatic carbocycles. The Hall–Kier alpha value is -2.37. The van der Waals surface area contributed by atoms with Crippen LogP contribution >= 0.6 is 0 Å². The van der Waals surface area contributed by atoms with Crippen LogP contribution in [0.25, 0.3) is 0 Å². The Bertz CT molecular complexity index is 672. The lowest BCUT2D eigenvalue weighted by atomic mass is 10.1. The predicted octanol–water partition coefficient (Wildman–Crippen LogP) is 2.49. The summed E-state index contributed by atoms with van der Waals surface area (Å²) in [7, 11) is 0. The number of rotatable bonds is 4. The Morgan fingerprint density at radius 1 is 1.38 bits per heavy atom. The average molecular weight is 285 g/mol. The summed E-state index contributed by atoms with van der Waals surface area (Å²) in [4.78, 5) is 8.54. The third kappa shape index (κ3) is 3.39. The van der Waals surface area contributed by atoms with E-state index < -0.39 is 0 Å². The molecule has 0 amide bonds. The number of anilines is 1. The van der Waals surface area contributed by atoms with Crippen molar-refractivity contribution in [3.8, 4) is 0 Å². The van der Waals surface area contributed by atoms with E-state index in [9.17, 15) is 0 Å². The van der Waals surface area contributed by atoms with Gasteiger partial charge in [0.1, 0.15) is 6.54 Å². The van der Waals surface area contributed by atoms with E-state index in [1.165, 1.54) is 11.1 Å². The number of aryl methyl sites for hydroxylation is 2. The summed E-state index contributed by atoms with van der Waals surface area (Å²) in [5.74, 6) is 2.10. The third-order valence-corrected chi connectivity index (χ3v) is 3.58. The predicted molar refractivity (Wildman–Crippen MR) is 81.1 cm³/mol. The van der Waals surface area contributed by atoms with Crippen LogP contribution in [0.5, 0.6) is 0 Å². The standard InChI is InChI=1S/C15H19N5O/c1-9-3-6-12(7-10(9)2)18-15(16)17-8-13-19-14(21-20-13)11-4-5-11/h3,6-7,11H,4-5,8H2,1-2H3,(H3,16,17,18). The molecule has 1 fully saturated rings. The highest BCUT2D eigenvalue weighted by Gasteiger charge is 2.29. The van der Waals surface area contributed by atoms with Gasteiger partial charge in [-0.1, -0.05) is 11.2 Å². The van der Waals surface area contributed by atoms with Gasteiger partial charge in [-0.25, -0.2) is 4.99 Å². The van der Waals surface area contributed by atoms with Crippen molar-refractivity contribution in [2.24, 2.45) is 10.7 Å². The molecule has 110 valence electrons. The van der Waals surface area contributed by atoms with E-state index in [0.717, 1.165) is 24.4 Å². The zero-order valence-corrected chi connectivity index (χ0v) is 12.3. The van der Waals surface area contributed by atoms with Gasteiger partial charge >= 0.3 is 0 Å². The highest BCUT2D eigenvalue weighted by atomic mass is 16.5. The summed E-state index contributed by atoms with van der Waals surface area (Å²) in [5, 5.41) is 6.97. The lowest BCUT2D eigenvalue weighted by Crippen LogP contribution is -2.22. The fourth-order valence-corrected chi connectivity index (χ4v) is 1.99. The Morgan fingerprint density at radius 2 is 2.19 bits per heavy atom. The molecule has 2 aromatic rings. The van der Waals surface area contributed by atoms with Crippen molar-refractivity contribution in [1.29, 1.82) is 0 Å². The summed E-state index contributed by atoms with van der Waals surface area (Å²) in [6.07, 6.45) is 2.28. The number of guanidine groups is 1. The quantitative estimate of drug-likeness (QED) is 0.665. The van der Waals surface area contributed by atoms with Crippen LogP contribution in [0.15, 0.2) is 27.7 Å². The normalized spacial score (nSPS) is 15.2. The van der Waals surface area contributed by atoms with Crippen LogP contribution in [0.2, 0.25) is 0 Å². The average Bonchev–Trinajstić information content (AvgIpc) is 3.20. The molecule has 1 aliphatic rings. The number of benzene rings is 1. The van der Waals surface area contributed by atoms with Crippen molar-refractivity contribution in [1.82, 2.24) is 10.1 Å². The zero-order chi connectivity index (χ0) is 14.8. The molecule has 6 heteroatoms. The minimum absolute atomic E-state index is 0.319. The van der Waals surface area contributed by atoms with E-state index in [0.29, 0.717) is 24.2 Å². The molecule has 0 saturated heterocycles. The molecule has 1 saturated carbocycles. The number of hydrogen-bond acceptors (Lipinski definition) is 4. The van der Waals surface area contributed by atoms with Gasteiger partial charge < -0.3 is 15.6 Å². The van der Waals surface area contributed by atoms with Gasteiger partial charge in [-0.05, 0) is 49.9 Å². The summed E-state index contributed by atoms with van der Waals surface area (Å²) < 4.78 is 5.18. The topological polar surface area (TPSA) is 89.3 Å². The van der Waals surface area contributed by atoms with Crippen molar-refractivity contribution >= 4 is 11.6 Å². The Balaban J connectivity index is 1.60. The fourth-order valence-electron chi connectivity index (χ4n) is 1.99. The number of nitrogens with two attached hydrogens (primary N) is 1. The Morgan fingerprint density at radius 3 is 2.90 bits per heavy atom. The maximum atomic E-state index is 5.87. The molecule has 0 unspecified atom stereocenters. The number of nitrogens with zero attached hydrogens (tertiary/aromatic N) is 3. The molecule has 1 heterocycles. The fraction of sp³-hybridized carbons (Fsp3) is 0.400. The molecular formula is C15H19N5O. The molecule has 0 atom stereocenters. The van der Waals surface area contributed by atoms with Crippen LogP contribution in [0.1, 0.15) is 41.6 Å². The van der Waals surface area contributed by atoms with Crippen molar-refractivity contribution in [3.63, 3.8) is 0 Å². The van der Waals surface area contributed by atoms with Crippen LogP contribution in [-0.4, -0.2) is 16.1 Å². The molecular weight excluding hydrogens is 266 g/mol. The van der Waals surface area contributed by atoms with Crippen LogP contribution in [0, 0.1) is 13.8 Å². The van der Waals surface area contributed by atoms with Crippen LogP contribution in [0.3, 0.4) is 0 Å². The van der Waals surface area contributed by atoms with Gasteiger partial charge in [0.05, 0.1) is 0 Å². The smallest absolute Gasteiger partial charge is 0.229 e. The lowest BCUT2D eigenvalue weighted by molar-refractivity contribution is 0.374. The molecule has 0 aliphatic heterocycles. The molecule has 0 radical (unpaired) electrons. The van der Waals surface area contributed by atoms with Gasteiger partial charge in [-0.2, -0.15) is 4.98 Å². The number of aliphatic imine (C=N–C) groups is 1. The largest absolute Gasteiger partial charge is 0.370 e. The highest BCUT2D eigenvalue weighted by molar-refractivity contribution is 5.92. The first-order valence-electron chi connectivity index (χ1n) is 7.08. The molecule has 0 bridgehead atoms. The van der Waals surface area contributed by atoms with Crippen LogP contribution in [-0.2, 0) is 6.54 Å². The maximum Gasteiger partial charge on any atom is 0.229 e. The molecule has 0 spiro atoms. The van der Waals surface area contributed by atoms with Crippen molar-refractivity contribution in [3.05, 3.63) is 41.0 Å². The Kier molecular flexibility index (Phi) is 3.60. The van der Waals surface area contributed by atoms with E-state index >= 15 is 0 Å². The number of nitrogens with one attached hydrogen (secondary N) is 1. The lowest BCUT2D eigenvalue weighted by Gasteiger charge is -2.07. The molecule has 6 nitrogen and oxygen atoms in total.